The van der Waals surface area contributed by atoms with Crippen LogP contribution in [0.5, 0.6) is 11.5 Å². The van der Waals surface area contributed by atoms with Gasteiger partial charge >= 0.3 is 11.9 Å². The van der Waals surface area contributed by atoms with E-state index in [1.807, 2.05) is 26.0 Å². The molecule has 2 aromatic carbocycles. The fourth-order valence-electron chi connectivity index (χ4n) is 4.79. The lowest BCUT2D eigenvalue weighted by Gasteiger charge is -2.26. The largest absolute Gasteiger partial charge is 0.497 e. The van der Waals surface area contributed by atoms with Crippen LogP contribution >= 0.6 is 0 Å². The van der Waals surface area contributed by atoms with Crippen molar-refractivity contribution in [2.45, 2.75) is 50.9 Å². The molecule has 3 atom stereocenters. The number of allylic oxidation sites excluding steroid dienone is 1. The summed E-state index contributed by atoms with van der Waals surface area (Å²) < 4.78 is 28.1. The number of rotatable bonds is 14. The summed E-state index contributed by atoms with van der Waals surface area (Å²) in [4.78, 5) is 25.0. The maximum absolute atomic E-state index is 12.9. The van der Waals surface area contributed by atoms with Crippen molar-refractivity contribution in [2.75, 3.05) is 27.6 Å². The second kappa shape index (κ2) is 14.6. The van der Waals surface area contributed by atoms with Gasteiger partial charge in [-0.3, -0.25) is 0 Å². The van der Waals surface area contributed by atoms with Crippen LogP contribution < -0.4 is 9.47 Å². The number of ether oxygens (including phenoxy) is 5. The van der Waals surface area contributed by atoms with Gasteiger partial charge < -0.3 is 33.9 Å². The summed E-state index contributed by atoms with van der Waals surface area (Å²) in [7, 11) is 2.94. The van der Waals surface area contributed by atoms with Crippen LogP contribution in [0.1, 0.15) is 59.4 Å². The predicted molar refractivity (Wildman–Crippen MR) is 150 cm³/mol. The van der Waals surface area contributed by atoms with E-state index in [1.54, 1.807) is 48.6 Å². The van der Waals surface area contributed by atoms with E-state index in [4.69, 9.17) is 23.7 Å². The molecule has 2 aromatic rings. The lowest BCUT2D eigenvalue weighted by Crippen LogP contribution is -2.35. The Kier molecular flexibility index (Phi) is 11.3. The van der Waals surface area contributed by atoms with Gasteiger partial charge in [0.25, 0.3) is 0 Å². The first-order chi connectivity index (χ1) is 19.2. The number of carboxylic acids is 1. The van der Waals surface area contributed by atoms with Crippen molar-refractivity contribution in [1.29, 1.82) is 0 Å². The summed E-state index contributed by atoms with van der Waals surface area (Å²) in [5.41, 5.74) is 0.384. The molecule has 0 amide bonds. The Morgan fingerprint density at radius 3 is 2.55 bits per heavy atom. The number of benzene rings is 2. The number of carboxylic acid groups (broad SMARTS) is 1. The minimum absolute atomic E-state index is 0.00439. The summed E-state index contributed by atoms with van der Waals surface area (Å²) in [6.07, 6.45) is 7.67. The first-order valence-corrected chi connectivity index (χ1v) is 13.1. The molecule has 0 aromatic heterocycles. The van der Waals surface area contributed by atoms with E-state index in [2.05, 4.69) is 0 Å². The van der Waals surface area contributed by atoms with Gasteiger partial charge in [-0.05, 0) is 68.9 Å². The van der Waals surface area contributed by atoms with E-state index in [0.717, 1.165) is 0 Å². The summed E-state index contributed by atoms with van der Waals surface area (Å²) >= 11 is 0. The number of methoxy groups -OCH3 is 2. The fourth-order valence-corrected chi connectivity index (χ4v) is 4.79. The van der Waals surface area contributed by atoms with Crippen molar-refractivity contribution in [3.8, 4) is 11.5 Å². The topological polar surface area (TPSA) is 121 Å². The first-order valence-electron chi connectivity index (χ1n) is 13.1. The highest BCUT2D eigenvalue weighted by Gasteiger charge is 2.44. The van der Waals surface area contributed by atoms with Gasteiger partial charge in [-0.1, -0.05) is 36.4 Å². The average molecular weight is 555 g/mol. The molecule has 1 aliphatic rings. The zero-order valence-corrected chi connectivity index (χ0v) is 23.4. The van der Waals surface area contributed by atoms with Crippen LogP contribution in [-0.2, 0) is 14.2 Å². The average Bonchev–Trinajstić information content (AvgIpc) is 3.25. The molecule has 3 rings (SSSR count). The third kappa shape index (κ3) is 8.42. The standard InChI is InChI=1S/C31H38O9/c1-31(2)19-23(14-10-13-22-17-24(37-4)18-26(38-20-36-3)27(22)29(33)34)28(40-31)25(15-8-9-16-32)39-30(35)21-11-6-5-7-12-21/h5-8,10-13,15,17-18,23,25,28,32H,9,14,16,19-20H2,1-4H3,(H,33,34)/b13-10+,15-8-/t23-,25?,28?/m1/s1. The SMILES string of the molecule is COCOc1cc(OC)cc(/C=C/C[C@@H]2CC(C)(C)OC2C(/C=C\CCO)OC(=O)c2ccccc2)c1C(=O)O. The van der Waals surface area contributed by atoms with Gasteiger partial charge in [0.2, 0.25) is 0 Å². The summed E-state index contributed by atoms with van der Waals surface area (Å²) in [5.74, 6) is -1.06. The number of carbonyl (C=O) groups is 2. The Balaban J connectivity index is 1.87. The molecular weight excluding hydrogens is 516 g/mol. The summed E-state index contributed by atoms with van der Waals surface area (Å²) in [6, 6.07) is 11.9. The molecule has 216 valence electrons. The van der Waals surface area contributed by atoms with Crippen LogP contribution in [0.2, 0.25) is 0 Å². The molecule has 1 aliphatic heterocycles. The second-order valence-corrected chi connectivity index (χ2v) is 10.1. The molecule has 40 heavy (non-hydrogen) atoms. The molecule has 1 saturated heterocycles. The highest BCUT2D eigenvalue weighted by atomic mass is 16.7. The number of aliphatic hydroxyl groups excluding tert-OH is 1. The van der Waals surface area contributed by atoms with Gasteiger partial charge in [0.05, 0.1) is 18.3 Å². The number of esters is 1. The Labute approximate surface area is 235 Å². The number of carbonyl (C=O) groups excluding carboxylic acids is 1. The van der Waals surface area contributed by atoms with Gasteiger partial charge in [0.15, 0.2) is 6.79 Å². The zero-order valence-electron chi connectivity index (χ0n) is 23.4. The minimum atomic E-state index is -1.14. The molecule has 9 nitrogen and oxygen atoms in total. The second-order valence-electron chi connectivity index (χ2n) is 10.1. The van der Waals surface area contributed by atoms with Crippen molar-refractivity contribution in [2.24, 2.45) is 5.92 Å². The highest BCUT2D eigenvalue weighted by Crippen LogP contribution is 2.40. The van der Waals surface area contributed by atoms with E-state index in [0.29, 0.717) is 36.1 Å². The Morgan fingerprint density at radius 2 is 1.90 bits per heavy atom. The molecule has 1 fully saturated rings. The van der Waals surface area contributed by atoms with Crippen molar-refractivity contribution < 1.29 is 43.5 Å². The van der Waals surface area contributed by atoms with Crippen LogP contribution in [0, 0.1) is 5.92 Å². The van der Waals surface area contributed by atoms with E-state index >= 15 is 0 Å². The van der Waals surface area contributed by atoms with Crippen molar-refractivity contribution in [1.82, 2.24) is 0 Å². The lowest BCUT2D eigenvalue weighted by atomic mass is 9.88. The highest BCUT2D eigenvalue weighted by molar-refractivity contribution is 5.95. The first kappa shape index (κ1) is 30.9. The fraction of sp³-hybridized carbons (Fsp3) is 0.419. The Hall–Kier alpha value is -3.66. The molecule has 0 bridgehead atoms. The van der Waals surface area contributed by atoms with E-state index in [-0.39, 0.29) is 30.6 Å². The van der Waals surface area contributed by atoms with Crippen LogP contribution in [0.4, 0.5) is 0 Å². The van der Waals surface area contributed by atoms with Crippen LogP contribution in [0.3, 0.4) is 0 Å². The molecule has 9 heteroatoms. The van der Waals surface area contributed by atoms with Crippen LogP contribution in [0.25, 0.3) is 6.08 Å². The van der Waals surface area contributed by atoms with Crippen molar-refractivity contribution >= 4 is 18.0 Å². The monoisotopic (exact) mass is 554 g/mol. The minimum Gasteiger partial charge on any atom is -0.497 e. The van der Waals surface area contributed by atoms with Crippen LogP contribution in [0.15, 0.2) is 60.7 Å². The quantitative estimate of drug-likeness (QED) is 0.186. The van der Waals surface area contributed by atoms with E-state index in [1.165, 1.54) is 20.3 Å². The third-order valence-electron chi connectivity index (χ3n) is 6.50. The molecular formula is C31H38O9. The predicted octanol–water partition coefficient (Wildman–Crippen LogP) is 5.13. The lowest BCUT2D eigenvalue weighted by molar-refractivity contribution is -0.0723. The normalized spacial score (nSPS) is 19.1. The maximum atomic E-state index is 12.9. The molecule has 0 spiro atoms. The number of hydrogen-bond acceptors (Lipinski definition) is 8. The molecule has 1 heterocycles. The zero-order chi connectivity index (χ0) is 29.1. The number of aromatic carboxylic acids is 1. The van der Waals surface area contributed by atoms with Gasteiger partial charge in [0, 0.05) is 19.8 Å². The van der Waals surface area contributed by atoms with Gasteiger partial charge in [-0.25, -0.2) is 9.59 Å². The van der Waals surface area contributed by atoms with Gasteiger partial charge in [0.1, 0.15) is 29.3 Å². The smallest absolute Gasteiger partial charge is 0.340 e. The van der Waals surface area contributed by atoms with Crippen molar-refractivity contribution in [3.63, 3.8) is 0 Å². The van der Waals surface area contributed by atoms with Gasteiger partial charge in [-0.15, -0.1) is 0 Å². The molecule has 0 saturated carbocycles. The molecule has 0 aliphatic carbocycles. The Bertz CT molecular complexity index is 1190. The molecule has 2 N–H and O–H groups in total. The van der Waals surface area contributed by atoms with E-state index < -0.39 is 29.7 Å². The van der Waals surface area contributed by atoms with Crippen molar-refractivity contribution in [3.05, 3.63) is 77.4 Å². The van der Waals surface area contributed by atoms with Gasteiger partial charge in [-0.2, -0.15) is 0 Å². The summed E-state index contributed by atoms with van der Waals surface area (Å²) in [5, 5.41) is 19.2. The number of hydrogen-bond donors (Lipinski definition) is 2. The van der Waals surface area contributed by atoms with Crippen LogP contribution in [-0.4, -0.2) is 67.6 Å². The maximum Gasteiger partial charge on any atom is 0.340 e. The number of aliphatic hydroxyl groups is 1. The molecule has 2 unspecified atom stereocenters. The van der Waals surface area contributed by atoms with E-state index in [9.17, 15) is 19.8 Å². The summed E-state index contributed by atoms with van der Waals surface area (Å²) in [6.45, 7) is 3.84. The molecule has 0 radical (unpaired) electrons. The third-order valence-corrected chi connectivity index (χ3v) is 6.50. The Morgan fingerprint density at radius 1 is 1.15 bits per heavy atom.